The highest BCUT2D eigenvalue weighted by atomic mass is 79.9. The van der Waals surface area contributed by atoms with Gasteiger partial charge in [0.1, 0.15) is 5.82 Å². The number of hydrogen-bond acceptors (Lipinski definition) is 1. The lowest BCUT2D eigenvalue weighted by Crippen LogP contribution is -2.26. The molecule has 1 aromatic heterocycles. The van der Waals surface area contributed by atoms with Crippen molar-refractivity contribution in [1.82, 2.24) is 9.55 Å². The van der Waals surface area contributed by atoms with Crippen molar-refractivity contribution in [3.05, 3.63) is 41.1 Å². The molecule has 3 atom stereocenters. The molecule has 0 fully saturated rings. The van der Waals surface area contributed by atoms with Crippen LogP contribution >= 0.6 is 15.9 Å². The molecular weight excluding hydrogens is 372 g/mol. The first kappa shape index (κ1) is 20.2. The number of rotatable bonds is 8. The number of benzene rings is 1. The van der Waals surface area contributed by atoms with Crippen molar-refractivity contribution in [2.45, 2.75) is 60.4 Å². The van der Waals surface area contributed by atoms with Gasteiger partial charge in [0, 0.05) is 28.5 Å². The van der Waals surface area contributed by atoms with E-state index in [0.29, 0.717) is 23.8 Å². The lowest BCUT2D eigenvalue weighted by atomic mass is 9.79. The summed E-state index contributed by atoms with van der Waals surface area (Å²) in [5, 5.41) is 0. The highest BCUT2D eigenvalue weighted by Gasteiger charge is 2.27. The van der Waals surface area contributed by atoms with Gasteiger partial charge in [-0.1, -0.05) is 69.6 Å². The van der Waals surface area contributed by atoms with Crippen molar-refractivity contribution in [2.75, 3.05) is 0 Å². The first-order chi connectivity index (χ1) is 11.8. The second kappa shape index (κ2) is 9.02. The molecule has 0 spiro atoms. The Bertz CT molecular complexity index is 660. The van der Waals surface area contributed by atoms with Gasteiger partial charge < -0.3 is 4.57 Å². The molecule has 0 amide bonds. The second-order valence-corrected chi connectivity index (χ2v) is 9.08. The van der Waals surface area contributed by atoms with Crippen molar-refractivity contribution >= 4 is 15.9 Å². The van der Waals surface area contributed by atoms with E-state index in [2.05, 4.69) is 92.5 Å². The summed E-state index contributed by atoms with van der Waals surface area (Å²) in [6, 6.07) is 8.95. The zero-order valence-electron chi connectivity index (χ0n) is 16.5. The Morgan fingerprint density at radius 2 is 1.72 bits per heavy atom. The van der Waals surface area contributed by atoms with Crippen molar-refractivity contribution in [1.29, 1.82) is 0 Å². The van der Waals surface area contributed by atoms with E-state index in [9.17, 15) is 0 Å². The van der Waals surface area contributed by atoms with E-state index in [4.69, 9.17) is 4.98 Å². The molecule has 1 heterocycles. The molecule has 2 aromatic rings. The molecule has 0 N–H and O–H groups in total. The molecule has 0 aliphatic carbocycles. The Kier molecular flexibility index (Phi) is 7.30. The summed E-state index contributed by atoms with van der Waals surface area (Å²) in [5.74, 6) is 3.78. The van der Waals surface area contributed by atoms with Crippen molar-refractivity contribution < 1.29 is 0 Å². The second-order valence-electron chi connectivity index (χ2n) is 8.17. The van der Waals surface area contributed by atoms with Crippen LogP contribution in [0.3, 0.4) is 0 Å². The molecule has 25 heavy (non-hydrogen) atoms. The quantitative estimate of drug-likeness (QED) is 0.453. The molecule has 0 bridgehead atoms. The highest BCUT2D eigenvalue weighted by molar-refractivity contribution is 9.10. The third-order valence-corrected chi connectivity index (χ3v) is 6.13. The Hall–Kier alpha value is -1.09. The van der Waals surface area contributed by atoms with E-state index in [1.165, 1.54) is 18.4 Å². The van der Waals surface area contributed by atoms with Crippen molar-refractivity contribution in [3.8, 4) is 11.4 Å². The van der Waals surface area contributed by atoms with Crippen LogP contribution in [0.5, 0.6) is 0 Å². The van der Waals surface area contributed by atoms with Crippen LogP contribution in [0.4, 0.5) is 0 Å². The van der Waals surface area contributed by atoms with Crippen molar-refractivity contribution in [3.63, 3.8) is 0 Å². The molecule has 2 rings (SSSR count). The molecule has 3 heteroatoms. The monoisotopic (exact) mass is 404 g/mol. The summed E-state index contributed by atoms with van der Waals surface area (Å²) in [6.07, 6.45) is 6.57. The van der Waals surface area contributed by atoms with Gasteiger partial charge in [-0.05, 0) is 48.6 Å². The summed E-state index contributed by atoms with van der Waals surface area (Å²) in [5.41, 5.74) is 1.18. The van der Waals surface area contributed by atoms with Gasteiger partial charge in [-0.15, -0.1) is 0 Å². The van der Waals surface area contributed by atoms with Gasteiger partial charge in [-0.25, -0.2) is 4.98 Å². The minimum absolute atomic E-state index is 0.483. The molecule has 0 saturated carbocycles. The van der Waals surface area contributed by atoms with Crippen LogP contribution < -0.4 is 0 Å². The maximum absolute atomic E-state index is 4.70. The van der Waals surface area contributed by atoms with Gasteiger partial charge in [-0.3, -0.25) is 0 Å². The average molecular weight is 405 g/mol. The van der Waals surface area contributed by atoms with Crippen LogP contribution in [0.25, 0.3) is 11.4 Å². The SMILES string of the molecule is CC(C)CCC(C(C)C(C)C(C)C)n1ccnc1-c1cccc(Br)c1. The van der Waals surface area contributed by atoms with Gasteiger partial charge in [-0.2, -0.15) is 0 Å². The number of hydrogen-bond donors (Lipinski definition) is 0. The largest absolute Gasteiger partial charge is 0.328 e. The van der Waals surface area contributed by atoms with E-state index in [1.807, 2.05) is 6.20 Å². The fourth-order valence-corrected chi connectivity index (χ4v) is 3.95. The Labute approximate surface area is 162 Å². The normalized spacial score (nSPS) is 15.6. The molecule has 1 aromatic carbocycles. The molecule has 0 aliphatic rings. The van der Waals surface area contributed by atoms with E-state index in [0.717, 1.165) is 16.2 Å². The van der Waals surface area contributed by atoms with Crippen LogP contribution in [0.2, 0.25) is 0 Å². The number of imidazole rings is 1. The topological polar surface area (TPSA) is 17.8 Å². The summed E-state index contributed by atoms with van der Waals surface area (Å²) < 4.78 is 3.52. The van der Waals surface area contributed by atoms with Gasteiger partial charge in [0.2, 0.25) is 0 Å². The standard InChI is InChI=1S/C22H33BrN2/c1-15(2)10-11-21(18(6)17(5)16(3)4)25-13-12-24-22(25)19-8-7-9-20(23)14-19/h7-9,12-18,21H,10-11H2,1-6H3. The lowest BCUT2D eigenvalue weighted by molar-refractivity contribution is 0.198. The summed E-state index contributed by atoms with van der Waals surface area (Å²) >= 11 is 3.59. The lowest BCUT2D eigenvalue weighted by Gasteiger charge is -2.33. The first-order valence-electron chi connectivity index (χ1n) is 9.60. The Morgan fingerprint density at radius 1 is 1.00 bits per heavy atom. The molecule has 3 unspecified atom stereocenters. The van der Waals surface area contributed by atoms with Crippen LogP contribution in [0, 0.1) is 23.7 Å². The summed E-state index contributed by atoms with van der Waals surface area (Å²) in [4.78, 5) is 4.70. The molecule has 0 radical (unpaired) electrons. The highest BCUT2D eigenvalue weighted by Crippen LogP contribution is 2.36. The van der Waals surface area contributed by atoms with Crippen LogP contribution in [0.1, 0.15) is 60.4 Å². The number of halogens is 1. The third-order valence-electron chi connectivity index (χ3n) is 5.64. The average Bonchev–Trinajstić information content (AvgIpc) is 3.03. The van der Waals surface area contributed by atoms with Crippen molar-refractivity contribution in [2.24, 2.45) is 23.7 Å². The Morgan fingerprint density at radius 3 is 2.32 bits per heavy atom. The summed E-state index contributed by atoms with van der Waals surface area (Å²) in [6.45, 7) is 14.1. The summed E-state index contributed by atoms with van der Waals surface area (Å²) in [7, 11) is 0. The number of aromatic nitrogens is 2. The van der Waals surface area contributed by atoms with E-state index >= 15 is 0 Å². The van der Waals surface area contributed by atoms with Gasteiger partial charge in [0.15, 0.2) is 0 Å². The molecule has 138 valence electrons. The molecular formula is C22H33BrN2. The van der Waals surface area contributed by atoms with Gasteiger partial charge in [0.25, 0.3) is 0 Å². The fraction of sp³-hybridized carbons (Fsp3) is 0.591. The number of nitrogens with zero attached hydrogens (tertiary/aromatic N) is 2. The van der Waals surface area contributed by atoms with E-state index in [-0.39, 0.29) is 0 Å². The van der Waals surface area contributed by atoms with Gasteiger partial charge >= 0.3 is 0 Å². The zero-order chi connectivity index (χ0) is 18.6. The van der Waals surface area contributed by atoms with E-state index in [1.54, 1.807) is 0 Å². The molecule has 0 saturated heterocycles. The predicted molar refractivity (Wildman–Crippen MR) is 112 cm³/mol. The first-order valence-corrected chi connectivity index (χ1v) is 10.4. The van der Waals surface area contributed by atoms with Crippen LogP contribution in [-0.2, 0) is 0 Å². The minimum Gasteiger partial charge on any atom is -0.328 e. The smallest absolute Gasteiger partial charge is 0.140 e. The predicted octanol–water partition coefficient (Wildman–Crippen LogP) is 7.22. The minimum atomic E-state index is 0.483. The maximum Gasteiger partial charge on any atom is 0.140 e. The fourth-order valence-electron chi connectivity index (χ4n) is 3.55. The van der Waals surface area contributed by atoms with E-state index < -0.39 is 0 Å². The maximum atomic E-state index is 4.70. The molecule has 0 aliphatic heterocycles. The zero-order valence-corrected chi connectivity index (χ0v) is 18.1. The third kappa shape index (κ3) is 5.20. The van der Waals surface area contributed by atoms with Crippen LogP contribution in [-0.4, -0.2) is 9.55 Å². The Balaban J connectivity index is 2.39. The molecule has 2 nitrogen and oxygen atoms in total. The van der Waals surface area contributed by atoms with Gasteiger partial charge in [0.05, 0.1) is 0 Å². The van der Waals surface area contributed by atoms with Crippen LogP contribution in [0.15, 0.2) is 41.1 Å².